The van der Waals surface area contributed by atoms with E-state index in [0.717, 1.165) is 32.8 Å². The Hall–Kier alpha value is -0.710. The molecule has 0 spiro atoms. The number of anilines is 1. The van der Waals surface area contributed by atoms with Crippen LogP contribution in [-0.4, -0.2) is 48.8 Å². The molecule has 4 heteroatoms. The van der Waals surface area contributed by atoms with Gasteiger partial charge in [-0.2, -0.15) is 11.8 Å². The number of hydrogen-bond acceptors (Lipinski definition) is 4. The third-order valence-corrected chi connectivity index (χ3v) is 5.10. The van der Waals surface area contributed by atoms with E-state index in [4.69, 9.17) is 4.74 Å². The highest BCUT2D eigenvalue weighted by Gasteiger charge is 2.13. The van der Waals surface area contributed by atoms with Gasteiger partial charge in [-0.3, -0.25) is 4.90 Å². The fourth-order valence-corrected chi connectivity index (χ4v) is 3.91. The molecule has 0 atom stereocenters. The van der Waals surface area contributed by atoms with Gasteiger partial charge in [-0.1, -0.05) is 12.1 Å². The van der Waals surface area contributed by atoms with Crippen LogP contribution in [0.1, 0.15) is 18.4 Å². The molecule has 0 amide bonds. The van der Waals surface area contributed by atoms with Crippen molar-refractivity contribution in [3.05, 3.63) is 29.8 Å². The number of benzene rings is 1. The fraction of sp³-hybridized carbons (Fsp3) is 0.625. The summed E-state index contributed by atoms with van der Waals surface area (Å²) in [5, 5.41) is 3.66. The van der Waals surface area contributed by atoms with Gasteiger partial charge in [-0.05, 0) is 42.0 Å². The largest absolute Gasteiger partial charge is 0.382 e. The van der Waals surface area contributed by atoms with E-state index in [2.05, 4.69) is 46.2 Å². The molecule has 2 saturated heterocycles. The first kappa shape index (κ1) is 14.2. The van der Waals surface area contributed by atoms with Crippen molar-refractivity contribution in [1.29, 1.82) is 0 Å². The number of nitrogens with zero attached hydrogens (tertiary/aromatic N) is 1. The first-order chi connectivity index (χ1) is 9.90. The third-order valence-electron chi connectivity index (χ3n) is 4.06. The molecular formula is C16H24N2OS. The maximum Gasteiger partial charge on any atom is 0.0594 e. The Morgan fingerprint density at radius 2 is 1.80 bits per heavy atom. The number of morpholine rings is 1. The van der Waals surface area contributed by atoms with Crippen molar-refractivity contribution < 1.29 is 4.74 Å². The number of nitrogens with one attached hydrogen (secondary N) is 1. The molecule has 0 unspecified atom stereocenters. The molecule has 1 aromatic carbocycles. The minimum absolute atomic E-state index is 0.668. The van der Waals surface area contributed by atoms with Crippen LogP contribution in [0.5, 0.6) is 0 Å². The van der Waals surface area contributed by atoms with Crippen LogP contribution < -0.4 is 5.32 Å². The summed E-state index contributed by atoms with van der Waals surface area (Å²) in [4.78, 5) is 2.46. The van der Waals surface area contributed by atoms with Crippen molar-refractivity contribution >= 4 is 17.4 Å². The quantitative estimate of drug-likeness (QED) is 0.922. The number of thioether (sulfide) groups is 1. The standard InChI is InChI=1S/C16H24N2OS/c1-3-15(17-16-5-11-20-12-6-16)4-2-14(1)13-18-7-9-19-10-8-18/h1-4,16-17H,5-13H2. The monoisotopic (exact) mass is 292 g/mol. The molecule has 3 rings (SSSR count). The van der Waals surface area contributed by atoms with Gasteiger partial charge in [0, 0.05) is 31.4 Å². The lowest BCUT2D eigenvalue weighted by Crippen LogP contribution is -2.35. The number of rotatable bonds is 4. The van der Waals surface area contributed by atoms with Crippen LogP contribution in [0.15, 0.2) is 24.3 Å². The Balaban J connectivity index is 1.51. The lowest BCUT2D eigenvalue weighted by molar-refractivity contribution is 0.0342. The summed E-state index contributed by atoms with van der Waals surface area (Å²) < 4.78 is 5.39. The van der Waals surface area contributed by atoms with E-state index in [0.29, 0.717) is 6.04 Å². The molecule has 1 aromatic rings. The van der Waals surface area contributed by atoms with Gasteiger partial charge in [-0.25, -0.2) is 0 Å². The Labute approximate surface area is 126 Å². The summed E-state index contributed by atoms with van der Waals surface area (Å²) in [6.45, 7) is 4.90. The Morgan fingerprint density at radius 3 is 2.50 bits per heavy atom. The van der Waals surface area contributed by atoms with E-state index >= 15 is 0 Å². The predicted molar refractivity (Wildman–Crippen MR) is 86.5 cm³/mol. The average molecular weight is 292 g/mol. The molecule has 0 bridgehead atoms. The molecule has 2 fully saturated rings. The molecule has 0 radical (unpaired) electrons. The summed E-state index contributed by atoms with van der Waals surface area (Å²) in [5.74, 6) is 2.60. The van der Waals surface area contributed by atoms with Gasteiger partial charge in [-0.15, -0.1) is 0 Å². The molecule has 1 N–H and O–H groups in total. The predicted octanol–water partition coefficient (Wildman–Crippen LogP) is 2.83. The van der Waals surface area contributed by atoms with E-state index in [-0.39, 0.29) is 0 Å². The molecule has 0 aromatic heterocycles. The van der Waals surface area contributed by atoms with Gasteiger partial charge in [0.1, 0.15) is 0 Å². The van der Waals surface area contributed by atoms with E-state index in [9.17, 15) is 0 Å². The van der Waals surface area contributed by atoms with Crippen molar-refractivity contribution in [1.82, 2.24) is 4.90 Å². The SMILES string of the molecule is c1cc(NC2CCSCC2)ccc1CN1CCOCC1. The van der Waals surface area contributed by atoms with Crippen molar-refractivity contribution in [3.8, 4) is 0 Å². The second-order valence-electron chi connectivity index (χ2n) is 5.62. The molecule has 0 aliphatic carbocycles. The minimum Gasteiger partial charge on any atom is -0.382 e. The zero-order chi connectivity index (χ0) is 13.6. The zero-order valence-electron chi connectivity index (χ0n) is 12.0. The van der Waals surface area contributed by atoms with Gasteiger partial charge in [0.05, 0.1) is 13.2 Å². The Morgan fingerprint density at radius 1 is 1.10 bits per heavy atom. The van der Waals surface area contributed by atoms with Crippen LogP contribution in [0.25, 0.3) is 0 Å². The van der Waals surface area contributed by atoms with Crippen molar-refractivity contribution in [2.75, 3.05) is 43.1 Å². The molecule has 2 aliphatic rings. The molecule has 3 nitrogen and oxygen atoms in total. The summed E-state index contributed by atoms with van der Waals surface area (Å²) in [6, 6.07) is 9.65. The highest BCUT2D eigenvalue weighted by atomic mass is 32.2. The molecule has 2 aliphatic heterocycles. The first-order valence-corrected chi connectivity index (χ1v) is 8.79. The van der Waals surface area contributed by atoms with Gasteiger partial charge in [0.15, 0.2) is 0 Å². The highest BCUT2D eigenvalue weighted by Crippen LogP contribution is 2.21. The summed E-state index contributed by atoms with van der Waals surface area (Å²) in [7, 11) is 0. The van der Waals surface area contributed by atoms with Crippen LogP contribution in [0.4, 0.5) is 5.69 Å². The normalized spacial score (nSPS) is 21.8. The van der Waals surface area contributed by atoms with Gasteiger partial charge in [0.2, 0.25) is 0 Å². The second-order valence-corrected chi connectivity index (χ2v) is 6.84. The lowest BCUT2D eigenvalue weighted by Gasteiger charge is -2.27. The van der Waals surface area contributed by atoms with Crippen LogP contribution in [0.3, 0.4) is 0 Å². The van der Waals surface area contributed by atoms with Crippen LogP contribution >= 0.6 is 11.8 Å². The molecular weight excluding hydrogens is 268 g/mol. The first-order valence-electron chi connectivity index (χ1n) is 7.63. The Kier molecular flexibility index (Phi) is 5.23. The number of ether oxygens (including phenoxy) is 1. The summed E-state index contributed by atoms with van der Waals surface area (Å²) in [5.41, 5.74) is 2.67. The van der Waals surface area contributed by atoms with Crippen LogP contribution in [-0.2, 0) is 11.3 Å². The smallest absolute Gasteiger partial charge is 0.0594 e. The van der Waals surface area contributed by atoms with E-state index in [1.807, 2.05) is 0 Å². The number of hydrogen-bond donors (Lipinski definition) is 1. The van der Waals surface area contributed by atoms with Crippen molar-refractivity contribution in [3.63, 3.8) is 0 Å². The molecule has 0 saturated carbocycles. The van der Waals surface area contributed by atoms with Gasteiger partial charge < -0.3 is 10.1 Å². The minimum atomic E-state index is 0.668. The molecule has 110 valence electrons. The zero-order valence-corrected chi connectivity index (χ0v) is 12.8. The van der Waals surface area contributed by atoms with Crippen LogP contribution in [0.2, 0.25) is 0 Å². The van der Waals surface area contributed by atoms with Crippen molar-refractivity contribution in [2.24, 2.45) is 0 Å². The van der Waals surface area contributed by atoms with E-state index in [1.165, 1.54) is 35.6 Å². The summed E-state index contributed by atoms with van der Waals surface area (Å²) in [6.07, 6.45) is 2.58. The van der Waals surface area contributed by atoms with Crippen molar-refractivity contribution in [2.45, 2.75) is 25.4 Å². The van der Waals surface area contributed by atoms with E-state index < -0.39 is 0 Å². The molecule has 20 heavy (non-hydrogen) atoms. The average Bonchev–Trinajstić information content (AvgIpc) is 2.51. The van der Waals surface area contributed by atoms with Gasteiger partial charge >= 0.3 is 0 Å². The lowest BCUT2D eigenvalue weighted by atomic mass is 10.1. The topological polar surface area (TPSA) is 24.5 Å². The maximum atomic E-state index is 5.39. The fourth-order valence-electron chi connectivity index (χ4n) is 2.80. The second kappa shape index (κ2) is 7.34. The Bertz CT molecular complexity index is 358. The maximum absolute atomic E-state index is 5.39. The highest BCUT2D eigenvalue weighted by molar-refractivity contribution is 7.99. The molecule has 2 heterocycles. The van der Waals surface area contributed by atoms with Gasteiger partial charge in [0.25, 0.3) is 0 Å². The summed E-state index contributed by atoms with van der Waals surface area (Å²) >= 11 is 2.08. The van der Waals surface area contributed by atoms with E-state index in [1.54, 1.807) is 0 Å². The third kappa shape index (κ3) is 4.14. The van der Waals surface area contributed by atoms with Crippen LogP contribution in [0, 0.1) is 0 Å².